The number of nitrogens with zero attached hydrogens (tertiary/aromatic N) is 4. The van der Waals surface area contributed by atoms with Gasteiger partial charge < -0.3 is 5.32 Å². The number of alkyl halides is 3. The third-order valence-electron chi connectivity index (χ3n) is 4.14. The second kappa shape index (κ2) is 5.92. The van der Waals surface area contributed by atoms with Crippen LogP contribution in [0, 0.1) is 5.92 Å². The Morgan fingerprint density at radius 2 is 2.04 bits per heavy atom. The summed E-state index contributed by atoms with van der Waals surface area (Å²) in [5.41, 5.74) is 0.0414. The van der Waals surface area contributed by atoms with Gasteiger partial charge in [-0.3, -0.25) is 0 Å². The van der Waals surface area contributed by atoms with Crippen molar-refractivity contribution in [1.29, 1.82) is 0 Å². The molecule has 2 aromatic rings. The maximum absolute atomic E-state index is 12.9. The van der Waals surface area contributed by atoms with Crippen LogP contribution in [0.5, 0.6) is 0 Å². The summed E-state index contributed by atoms with van der Waals surface area (Å²) in [7, 11) is 1.74. The number of rotatable bonds is 5. The predicted molar refractivity (Wildman–Crippen MR) is 77.3 cm³/mol. The van der Waals surface area contributed by atoms with Gasteiger partial charge in [-0.15, -0.1) is 5.10 Å². The SMILES string of the molecule is C[C@@H](N[C@@H](c1cccc(C(F)(F)F)c1)C1CC1)c1nnnn1C. The van der Waals surface area contributed by atoms with Crippen LogP contribution in [-0.2, 0) is 13.2 Å². The summed E-state index contributed by atoms with van der Waals surface area (Å²) in [5.74, 6) is 1.00. The Labute approximate surface area is 131 Å². The zero-order valence-electron chi connectivity index (χ0n) is 12.9. The molecule has 1 fully saturated rings. The third kappa shape index (κ3) is 3.52. The van der Waals surface area contributed by atoms with E-state index in [4.69, 9.17) is 0 Å². The summed E-state index contributed by atoms with van der Waals surface area (Å²) in [6.07, 6.45) is -2.31. The Hall–Kier alpha value is -1.96. The maximum atomic E-state index is 12.9. The lowest BCUT2D eigenvalue weighted by molar-refractivity contribution is -0.137. The highest BCUT2D eigenvalue weighted by atomic mass is 19.4. The van der Waals surface area contributed by atoms with E-state index in [1.165, 1.54) is 12.1 Å². The van der Waals surface area contributed by atoms with Crippen molar-refractivity contribution < 1.29 is 13.2 Å². The van der Waals surface area contributed by atoms with Crippen LogP contribution in [0.3, 0.4) is 0 Å². The van der Waals surface area contributed by atoms with E-state index in [0.717, 1.165) is 18.9 Å². The molecule has 0 radical (unpaired) electrons. The standard InChI is InChI=1S/C15H18F3N5/c1-9(14-20-21-22-23(14)2)19-13(10-6-7-10)11-4-3-5-12(8-11)15(16,17)18/h3-5,8-10,13,19H,6-7H2,1-2H3/t9-,13-/m1/s1. The number of tetrazole rings is 1. The predicted octanol–water partition coefficient (Wildman–Crippen LogP) is 3.03. The van der Waals surface area contributed by atoms with E-state index in [9.17, 15) is 13.2 Å². The first kappa shape index (κ1) is 15.9. The molecule has 3 rings (SSSR count). The summed E-state index contributed by atoms with van der Waals surface area (Å²) in [6.45, 7) is 1.91. The second-order valence-corrected chi connectivity index (χ2v) is 5.99. The fraction of sp³-hybridized carbons (Fsp3) is 0.533. The highest BCUT2D eigenvalue weighted by molar-refractivity contribution is 5.29. The van der Waals surface area contributed by atoms with Crippen molar-refractivity contribution in [3.63, 3.8) is 0 Å². The van der Waals surface area contributed by atoms with Gasteiger partial charge in [-0.05, 0) is 53.8 Å². The molecule has 0 bridgehead atoms. The molecule has 1 saturated carbocycles. The van der Waals surface area contributed by atoms with Crippen LogP contribution >= 0.6 is 0 Å². The molecule has 1 N–H and O–H groups in total. The Kier molecular flexibility index (Phi) is 4.09. The van der Waals surface area contributed by atoms with Crippen molar-refractivity contribution in [1.82, 2.24) is 25.5 Å². The number of hydrogen-bond acceptors (Lipinski definition) is 4. The lowest BCUT2D eigenvalue weighted by atomic mass is 9.99. The van der Waals surface area contributed by atoms with E-state index in [1.807, 2.05) is 6.92 Å². The first-order valence-electron chi connectivity index (χ1n) is 7.51. The highest BCUT2D eigenvalue weighted by Crippen LogP contribution is 2.43. The zero-order valence-corrected chi connectivity index (χ0v) is 12.9. The average Bonchev–Trinajstić information content (AvgIpc) is 3.25. The van der Waals surface area contributed by atoms with Gasteiger partial charge in [-0.2, -0.15) is 13.2 Å². The largest absolute Gasteiger partial charge is 0.416 e. The number of aryl methyl sites for hydroxylation is 1. The molecule has 0 spiro atoms. The summed E-state index contributed by atoms with van der Waals surface area (Å²) in [4.78, 5) is 0. The number of nitrogens with one attached hydrogen (secondary N) is 1. The molecule has 2 atom stereocenters. The number of hydrogen-bond donors (Lipinski definition) is 1. The molecule has 1 aromatic carbocycles. The van der Waals surface area contributed by atoms with Crippen molar-refractivity contribution in [3.05, 3.63) is 41.2 Å². The summed E-state index contributed by atoms with van der Waals surface area (Å²) >= 11 is 0. The lowest BCUT2D eigenvalue weighted by Crippen LogP contribution is -2.28. The van der Waals surface area contributed by atoms with Gasteiger partial charge >= 0.3 is 6.18 Å². The molecule has 8 heteroatoms. The topological polar surface area (TPSA) is 55.6 Å². The van der Waals surface area contributed by atoms with Gasteiger partial charge in [0.15, 0.2) is 5.82 Å². The summed E-state index contributed by atoms with van der Waals surface area (Å²) < 4.78 is 40.4. The van der Waals surface area contributed by atoms with E-state index in [1.54, 1.807) is 17.8 Å². The van der Waals surface area contributed by atoms with Crippen LogP contribution in [0.2, 0.25) is 0 Å². The molecule has 0 saturated heterocycles. The Morgan fingerprint density at radius 1 is 1.30 bits per heavy atom. The van der Waals surface area contributed by atoms with Gasteiger partial charge in [0.1, 0.15) is 0 Å². The molecule has 1 aliphatic carbocycles. The van der Waals surface area contributed by atoms with Crippen LogP contribution < -0.4 is 5.32 Å². The van der Waals surface area contributed by atoms with Crippen molar-refractivity contribution in [3.8, 4) is 0 Å². The van der Waals surface area contributed by atoms with E-state index in [2.05, 4.69) is 20.8 Å². The fourth-order valence-electron chi connectivity index (χ4n) is 2.79. The van der Waals surface area contributed by atoms with Gasteiger partial charge in [-0.25, -0.2) is 4.68 Å². The first-order valence-corrected chi connectivity index (χ1v) is 7.51. The Bertz CT molecular complexity index is 678. The minimum Gasteiger partial charge on any atom is -0.300 e. The fourth-order valence-corrected chi connectivity index (χ4v) is 2.79. The molecular weight excluding hydrogens is 307 g/mol. The number of aromatic nitrogens is 4. The van der Waals surface area contributed by atoms with E-state index in [-0.39, 0.29) is 12.1 Å². The molecule has 1 heterocycles. The highest BCUT2D eigenvalue weighted by Gasteiger charge is 2.36. The van der Waals surface area contributed by atoms with Crippen LogP contribution in [-0.4, -0.2) is 20.2 Å². The molecular formula is C15H18F3N5. The van der Waals surface area contributed by atoms with E-state index < -0.39 is 11.7 Å². The van der Waals surface area contributed by atoms with Gasteiger partial charge in [-0.1, -0.05) is 12.1 Å². The maximum Gasteiger partial charge on any atom is 0.416 e. The molecule has 0 unspecified atom stereocenters. The minimum absolute atomic E-state index is 0.135. The van der Waals surface area contributed by atoms with E-state index in [0.29, 0.717) is 17.3 Å². The molecule has 0 amide bonds. The monoisotopic (exact) mass is 325 g/mol. The smallest absolute Gasteiger partial charge is 0.300 e. The van der Waals surface area contributed by atoms with Gasteiger partial charge in [0.2, 0.25) is 0 Å². The van der Waals surface area contributed by atoms with Crippen LogP contribution in [0.15, 0.2) is 24.3 Å². The van der Waals surface area contributed by atoms with Crippen LogP contribution in [0.1, 0.15) is 48.8 Å². The zero-order chi connectivity index (χ0) is 16.6. The van der Waals surface area contributed by atoms with Crippen molar-refractivity contribution in [2.75, 3.05) is 0 Å². The Balaban J connectivity index is 1.84. The quantitative estimate of drug-likeness (QED) is 0.918. The second-order valence-electron chi connectivity index (χ2n) is 5.99. The van der Waals surface area contributed by atoms with Crippen molar-refractivity contribution >= 4 is 0 Å². The molecule has 1 aliphatic rings. The van der Waals surface area contributed by atoms with Crippen LogP contribution in [0.4, 0.5) is 13.2 Å². The normalized spacial score (nSPS) is 18.0. The summed E-state index contributed by atoms with van der Waals surface area (Å²) in [6, 6.07) is 5.25. The molecule has 1 aromatic heterocycles. The molecule has 124 valence electrons. The molecule has 0 aliphatic heterocycles. The average molecular weight is 325 g/mol. The van der Waals surface area contributed by atoms with Gasteiger partial charge in [0.25, 0.3) is 0 Å². The lowest BCUT2D eigenvalue weighted by Gasteiger charge is -2.23. The molecule has 5 nitrogen and oxygen atoms in total. The number of halogens is 3. The van der Waals surface area contributed by atoms with E-state index >= 15 is 0 Å². The number of benzene rings is 1. The van der Waals surface area contributed by atoms with Gasteiger partial charge in [0, 0.05) is 13.1 Å². The molecule has 23 heavy (non-hydrogen) atoms. The van der Waals surface area contributed by atoms with Crippen molar-refractivity contribution in [2.24, 2.45) is 13.0 Å². The summed E-state index contributed by atoms with van der Waals surface area (Å²) in [5, 5.41) is 14.7. The van der Waals surface area contributed by atoms with Crippen LogP contribution in [0.25, 0.3) is 0 Å². The Morgan fingerprint density at radius 3 is 2.61 bits per heavy atom. The minimum atomic E-state index is -4.33. The third-order valence-corrected chi connectivity index (χ3v) is 4.14. The van der Waals surface area contributed by atoms with Crippen molar-refractivity contribution in [2.45, 2.75) is 38.0 Å². The van der Waals surface area contributed by atoms with Gasteiger partial charge in [0.05, 0.1) is 11.6 Å². The first-order chi connectivity index (χ1) is 10.9.